The third-order valence-corrected chi connectivity index (χ3v) is 2.54. The summed E-state index contributed by atoms with van der Waals surface area (Å²) in [4.78, 5) is 10.6. The molecule has 4 heteroatoms. The van der Waals surface area contributed by atoms with Crippen LogP contribution in [0, 0.1) is 0 Å². The van der Waals surface area contributed by atoms with Crippen LogP contribution in [-0.2, 0) is 4.79 Å². The van der Waals surface area contributed by atoms with Crippen LogP contribution in [0.5, 0.6) is 0 Å². The molecule has 1 rings (SSSR count). The predicted molar refractivity (Wildman–Crippen MR) is 55.9 cm³/mol. The van der Waals surface area contributed by atoms with Crippen molar-refractivity contribution < 1.29 is 4.79 Å². The molecule has 0 aliphatic rings. The van der Waals surface area contributed by atoms with Gasteiger partial charge in [-0.15, -0.1) is 0 Å². The number of halogens is 3. The first-order valence-corrected chi connectivity index (χ1v) is 4.57. The Morgan fingerprint density at radius 1 is 1.00 bits per heavy atom. The minimum Gasteiger partial charge on any atom is -0.275 e. The number of benzene rings is 1. The Hall–Kier alpha value is -0.500. The van der Waals surface area contributed by atoms with E-state index in [1.54, 1.807) is 24.3 Å². The summed E-state index contributed by atoms with van der Waals surface area (Å²) in [5, 5.41) is -0.743. The van der Waals surface area contributed by atoms with Gasteiger partial charge in [0.25, 0.3) is 5.24 Å². The van der Waals surface area contributed by atoms with Gasteiger partial charge in [0.2, 0.25) is 0 Å². The first-order valence-electron chi connectivity index (χ1n) is 3.43. The molecule has 1 aromatic rings. The highest BCUT2D eigenvalue weighted by Gasteiger charge is 2.09. The van der Waals surface area contributed by atoms with Crippen molar-refractivity contribution in [3.05, 3.63) is 40.9 Å². The second-order valence-electron chi connectivity index (χ2n) is 2.27. The summed E-state index contributed by atoms with van der Waals surface area (Å²) >= 11 is 16.5. The van der Waals surface area contributed by atoms with E-state index >= 15 is 0 Å². The fourth-order valence-electron chi connectivity index (χ4n) is 0.797. The van der Waals surface area contributed by atoms with Crippen LogP contribution < -0.4 is 0 Å². The molecule has 0 unspecified atom stereocenters. The van der Waals surface area contributed by atoms with Crippen LogP contribution in [0.1, 0.15) is 5.56 Å². The molecule has 13 heavy (non-hydrogen) atoms. The standard InChI is InChI=1S/C9H5Cl3O/c10-7(8(11)9(12)13)6-4-2-1-3-5-6/h1-5H/b8-7-. The molecule has 0 radical (unpaired) electrons. The van der Waals surface area contributed by atoms with Gasteiger partial charge >= 0.3 is 0 Å². The van der Waals surface area contributed by atoms with E-state index in [0.717, 1.165) is 0 Å². The molecule has 0 fully saturated rings. The zero-order valence-corrected chi connectivity index (χ0v) is 8.70. The molecule has 0 aliphatic heterocycles. The monoisotopic (exact) mass is 234 g/mol. The van der Waals surface area contributed by atoms with Gasteiger partial charge in [0.1, 0.15) is 5.03 Å². The Labute approximate surface area is 90.9 Å². The number of allylic oxidation sites excluding steroid dienone is 1. The molecule has 0 N–H and O–H groups in total. The highest BCUT2D eigenvalue weighted by Crippen LogP contribution is 2.26. The van der Waals surface area contributed by atoms with Gasteiger partial charge in [0.15, 0.2) is 0 Å². The molecule has 1 aromatic carbocycles. The van der Waals surface area contributed by atoms with Crippen molar-refractivity contribution in [2.45, 2.75) is 0 Å². The molecule has 0 saturated heterocycles. The second kappa shape index (κ2) is 4.66. The molecular formula is C9H5Cl3O. The van der Waals surface area contributed by atoms with Gasteiger partial charge in [0, 0.05) is 0 Å². The van der Waals surface area contributed by atoms with Crippen LogP contribution in [0.3, 0.4) is 0 Å². The van der Waals surface area contributed by atoms with Crippen molar-refractivity contribution in [3.8, 4) is 0 Å². The van der Waals surface area contributed by atoms with Gasteiger partial charge in [-0.3, -0.25) is 4.79 Å². The lowest BCUT2D eigenvalue weighted by Crippen LogP contribution is -1.88. The third kappa shape index (κ3) is 2.73. The molecule has 0 aromatic heterocycles. The van der Waals surface area contributed by atoms with Gasteiger partial charge in [0.05, 0.1) is 5.03 Å². The summed E-state index contributed by atoms with van der Waals surface area (Å²) in [7, 11) is 0. The zero-order chi connectivity index (χ0) is 9.84. The maximum Gasteiger partial charge on any atom is 0.265 e. The SMILES string of the molecule is O=C(Cl)/C(Cl)=C(/Cl)c1ccccc1. The van der Waals surface area contributed by atoms with Crippen LogP contribution in [0.4, 0.5) is 0 Å². The lowest BCUT2D eigenvalue weighted by Gasteiger charge is -1.99. The van der Waals surface area contributed by atoms with Crippen LogP contribution in [-0.4, -0.2) is 5.24 Å². The molecule has 0 bridgehead atoms. The van der Waals surface area contributed by atoms with Crippen molar-refractivity contribution in [2.24, 2.45) is 0 Å². The van der Waals surface area contributed by atoms with Crippen molar-refractivity contribution in [2.75, 3.05) is 0 Å². The van der Waals surface area contributed by atoms with Gasteiger partial charge in [-0.2, -0.15) is 0 Å². The number of carbonyl (C=O) groups is 1. The van der Waals surface area contributed by atoms with E-state index in [9.17, 15) is 4.79 Å². The molecule has 0 spiro atoms. The number of hydrogen-bond donors (Lipinski definition) is 0. The number of rotatable bonds is 2. The Morgan fingerprint density at radius 3 is 2.00 bits per heavy atom. The average Bonchev–Trinajstić information content (AvgIpc) is 2.17. The van der Waals surface area contributed by atoms with E-state index in [2.05, 4.69) is 0 Å². The second-order valence-corrected chi connectivity index (χ2v) is 3.37. The largest absolute Gasteiger partial charge is 0.275 e. The van der Waals surface area contributed by atoms with Gasteiger partial charge in [-0.25, -0.2) is 0 Å². The molecule has 0 saturated carbocycles. The summed E-state index contributed by atoms with van der Waals surface area (Å²) < 4.78 is 0. The predicted octanol–water partition coefficient (Wildman–Crippen LogP) is 3.60. The maximum atomic E-state index is 10.6. The van der Waals surface area contributed by atoms with E-state index in [1.165, 1.54) is 0 Å². The summed E-state index contributed by atoms with van der Waals surface area (Å²) in [5.41, 5.74) is 0.670. The zero-order valence-electron chi connectivity index (χ0n) is 6.43. The number of hydrogen-bond acceptors (Lipinski definition) is 1. The average molecular weight is 235 g/mol. The lowest BCUT2D eigenvalue weighted by atomic mass is 10.2. The van der Waals surface area contributed by atoms with E-state index in [1.807, 2.05) is 6.07 Å². The fourth-order valence-corrected chi connectivity index (χ4v) is 1.26. The Kier molecular flexibility index (Phi) is 3.79. The lowest BCUT2D eigenvalue weighted by molar-refractivity contribution is -0.107. The minimum atomic E-state index is -0.754. The normalized spacial score (nSPS) is 12.2. The van der Waals surface area contributed by atoms with Gasteiger partial charge in [-0.05, 0) is 17.2 Å². The van der Waals surface area contributed by atoms with Crippen molar-refractivity contribution >= 4 is 45.1 Å². The molecule has 68 valence electrons. The van der Waals surface area contributed by atoms with Crippen molar-refractivity contribution in [3.63, 3.8) is 0 Å². The molecule has 0 amide bonds. The van der Waals surface area contributed by atoms with Crippen LogP contribution >= 0.6 is 34.8 Å². The highest BCUT2D eigenvalue weighted by atomic mass is 35.5. The summed E-state index contributed by atoms with van der Waals surface area (Å²) in [6.07, 6.45) is 0. The van der Waals surface area contributed by atoms with Crippen LogP contribution in [0.25, 0.3) is 5.03 Å². The third-order valence-electron chi connectivity index (χ3n) is 1.39. The molecular weight excluding hydrogens is 230 g/mol. The Bertz CT molecular complexity index is 343. The van der Waals surface area contributed by atoms with Crippen molar-refractivity contribution in [1.82, 2.24) is 0 Å². The van der Waals surface area contributed by atoms with Gasteiger partial charge in [-0.1, -0.05) is 53.5 Å². The smallest absolute Gasteiger partial charge is 0.265 e. The first kappa shape index (κ1) is 10.6. The van der Waals surface area contributed by atoms with Crippen LogP contribution in [0.2, 0.25) is 0 Å². The van der Waals surface area contributed by atoms with Gasteiger partial charge < -0.3 is 0 Å². The number of carbonyl (C=O) groups excluding carboxylic acids is 1. The quantitative estimate of drug-likeness (QED) is 0.565. The Balaban J connectivity index is 3.11. The molecule has 0 atom stereocenters. The fraction of sp³-hybridized carbons (Fsp3) is 0. The van der Waals surface area contributed by atoms with E-state index in [0.29, 0.717) is 5.56 Å². The Morgan fingerprint density at radius 2 is 1.54 bits per heavy atom. The summed E-state index contributed by atoms with van der Waals surface area (Å²) in [6, 6.07) is 8.90. The van der Waals surface area contributed by atoms with E-state index in [4.69, 9.17) is 34.8 Å². The van der Waals surface area contributed by atoms with E-state index in [-0.39, 0.29) is 10.1 Å². The topological polar surface area (TPSA) is 17.1 Å². The summed E-state index contributed by atoms with van der Waals surface area (Å²) in [5.74, 6) is 0. The molecule has 1 nitrogen and oxygen atoms in total. The highest BCUT2D eigenvalue weighted by molar-refractivity contribution is 6.77. The maximum absolute atomic E-state index is 10.6. The summed E-state index contributed by atoms with van der Waals surface area (Å²) in [6.45, 7) is 0. The molecule has 0 heterocycles. The minimum absolute atomic E-state index is 0.158. The first-order chi connectivity index (χ1) is 6.13. The van der Waals surface area contributed by atoms with Crippen LogP contribution in [0.15, 0.2) is 35.4 Å². The molecule has 0 aliphatic carbocycles. The van der Waals surface area contributed by atoms with Crippen molar-refractivity contribution in [1.29, 1.82) is 0 Å². The van der Waals surface area contributed by atoms with E-state index < -0.39 is 5.24 Å².